The topological polar surface area (TPSA) is 25.2 Å². The summed E-state index contributed by atoms with van der Waals surface area (Å²) >= 11 is 0. The van der Waals surface area contributed by atoms with Crippen LogP contribution in [0.4, 0.5) is 0 Å². The summed E-state index contributed by atoms with van der Waals surface area (Å²) in [5, 5.41) is 3.59. The molecule has 1 unspecified atom stereocenters. The zero-order chi connectivity index (χ0) is 12.8. The molecule has 1 atom stereocenters. The van der Waals surface area contributed by atoms with E-state index < -0.39 is 0 Å². The Hall–Kier alpha value is -1.54. The molecule has 2 aromatic rings. The molecule has 2 nitrogen and oxygen atoms in total. The highest BCUT2D eigenvalue weighted by atomic mass is 16.3. The second-order valence-corrected chi connectivity index (χ2v) is 4.69. The smallest absolute Gasteiger partial charge is 0.101 e. The lowest BCUT2D eigenvalue weighted by Gasteiger charge is -2.17. The van der Waals surface area contributed by atoms with E-state index in [1.54, 1.807) is 0 Å². The summed E-state index contributed by atoms with van der Waals surface area (Å²) in [6.07, 6.45) is 4.01. The number of nitrogens with one attached hydrogen (secondary N) is 1. The summed E-state index contributed by atoms with van der Waals surface area (Å²) < 4.78 is 5.42. The van der Waals surface area contributed by atoms with Gasteiger partial charge in [-0.3, -0.25) is 0 Å². The van der Waals surface area contributed by atoms with E-state index in [4.69, 9.17) is 4.42 Å². The molecule has 1 aromatic carbocycles. The third kappa shape index (κ3) is 3.47. The lowest BCUT2D eigenvalue weighted by atomic mass is 10.0. The molecule has 0 spiro atoms. The van der Waals surface area contributed by atoms with Crippen molar-refractivity contribution in [3.8, 4) is 0 Å². The molecular weight excluding hydrogens is 222 g/mol. The molecule has 96 valence electrons. The van der Waals surface area contributed by atoms with E-state index in [-0.39, 0.29) is 0 Å². The Bertz CT molecular complexity index is 461. The Morgan fingerprint density at radius 1 is 1.22 bits per heavy atom. The van der Waals surface area contributed by atoms with Crippen molar-refractivity contribution in [1.82, 2.24) is 5.32 Å². The second kappa shape index (κ2) is 6.41. The van der Waals surface area contributed by atoms with E-state index in [2.05, 4.69) is 48.6 Å². The molecule has 0 bridgehead atoms. The van der Waals surface area contributed by atoms with Gasteiger partial charge in [0.25, 0.3) is 0 Å². The number of aryl methyl sites for hydroxylation is 1. The molecule has 0 aliphatic carbocycles. The highest BCUT2D eigenvalue weighted by molar-refractivity contribution is 5.22. The average Bonchev–Trinajstić information content (AvgIpc) is 2.82. The van der Waals surface area contributed by atoms with Crippen molar-refractivity contribution in [2.45, 2.75) is 32.7 Å². The van der Waals surface area contributed by atoms with Crippen LogP contribution in [0.25, 0.3) is 0 Å². The van der Waals surface area contributed by atoms with Gasteiger partial charge in [-0.25, -0.2) is 0 Å². The van der Waals surface area contributed by atoms with Crippen LogP contribution in [0.3, 0.4) is 0 Å². The number of benzene rings is 1. The van der Waals surface area contributed by atoms with Crippen molar-refractivity contribution in [2.75, 3.05) is 6.54 Å². The SMILES string of the molecule is CCCNC(Cc1ccccc1)c1coc(C)c1. The molecule has 0 aliphatic rings. The van der Waals surface area contributed by atoms with Gasteiger partial charge in [-0.1, -0.05) is 37.3 Å². The monoisotopic (exact) mass is 243 g/mol. The molecule has 2 heteroatoms. The molecule has 0 fully saturated rings. The maximum Gasteiger partial charge on any atom is 0.101 e. The Balaban J connectivity index is 2.10. The van der Waals surface area contributed by atoms with Crippen molar-refractivity contribution < 1.29 is 4.42 Å². The molecule has 1 heterocycles. The van der Waals surface area contributed by atoms with Gasteiger partial charge in [-0.15, -0.1) is 0 Å². The van der Waals surface area contributed by atoms with Crippen molar-refractivity contribution in [2.24, 2.45) is 0 Å². The Morgan fingerprint density at radius 3 is 2.61 bits per heavy atom. The number of rotatable bonds is 6. The van der Waals surface area contributed by atoms with E-state index in [1.165, 1.54) is 11.1 Å². The molecule has 18 heavy (non-hydrogen) atoms. The van der Waals surface area contributed by atoms with E-state index >= 15 is 0 Å². The zero-order valence-corrected chi connectivity index (χ0v) is 11.1. The normalized spacial score (nSPS) is 12.6. The van der Waals surface area contributed by atoms with Gasteiger partial charge < -0.3 is 9.73 Å². The summed E-state index contributed by atoms with van der Waals surface area (Å²) in [5.74, 6) is 0.973. The van der Waals surface area contributed by atoms with Crippen LogP contribution in [0.1, 0.15) is 36.3 Å². The van der Waals surface area contributed by atoms with Crippen LogP contribution in [0.5, 0.6) is 0 Å². The van der Waals surface area contributed by atoms with Crippen molar-refractivity contribution in [1.29, 1.82) is 0 Å². The number of hydrogen-bond acceptors (Lipinski definition) is 2. The van der Waals surface area contributed by atoms with Gasteiger partial charge in [0.1, 0.15) is 5.76 Å². The Labute approximate surface area is 109 Å². The first kappa shape index (κ1) is 12.9. The van der Waals surface area contributed by atoms with Crippen LogP contribution in [-0.4, -0.2) is 6.54 Å². The first-order valence-electron chi connectivity index (χ1n) is 6.62. The Morgan fingerprint density at radius 2 is 2.00 bits per heavy atom. The maximum atomic E-state index is 5.42. The largest absolute Gasteiger partial charge is 0.469 e. The lowest BCUT2D eigenvalue weighted by Crippen LogP contribution is -2.23. The van der Waals surface area contributed by atoms with Crippen LogP contribution < -0.4 is 5.32 Å². The van der Waals surface area contributed by atoms with Gasteiger partial charge in [-0.05, 0) is 37.9 Å². The summed E-state index contributed by atoms with van der Waals surface area (Å²) in [6.45, 7) is 5.21. The van der Waals surface area contributed by atoms with E-state index in [0.29, 0.717) is 6.04 Å². The predicted molar refractivity (Wildman–Crippen MR) is 74.6 cm³/mol. The molecule has 0 radical (unpaired) electrons. The molecule has 0 saturated heterocycles. The highest BCUT2D eigenvalue weighted by Crippen LogP contribution is 2.20. The van der Waals surface area contributed by atoms with Crippen molar-refractivity contribution >= 4 is 0 Å². The molecular formula is C16H21NO. The first-order valence-corrected chi connectivity index (χ1v) is 6.62. The summed E-state index contributed by atoms with van der Waals surface area (Å²) in [6, 6.07) is 13.0. The van der Waals surface area contributed by atoms with Crippen molar-refractivity contribution in [3.63, 3.8) is 0 Å². The molecule has 0 amide bonds. The predicted octanol–water partition coefficient (Wildman–Crippen LogP) is 3.87. The zero-order valence-electron chi connectivity index (χ0n) is 11.1. The highest BCUT2D eigenvalue weighted by Gasteiger charge is 2.13. The van der Waals surface area contributed by atoms with Crippen molar-refractivity contribution in [3.05, 3.63) is 59.5 Å². The van der Waals surface area contributed by atoms with E-state index in [9.17, 15) is 0 Å². The minimum atomic E-state index is 0.338. The maximum absolute atomic E-state index is 5.42. The van der Waals surface area contributed by atoms with Crippen LogP contribution in [0.15, 0.2) is 47.1 Å². The molecule has 1 N–H and O–H groups in total. The molecule has 1 aromatic heterocycles. The number of hydrogen-bond donors (Lipinski definition) is 1. The van der Waals surface area contributed by atoms with E-state index in [0.717, 1.165) is 25.1 Å². The second-order valence-electron chi connectivity index (χ2n) is 4.69. The van der Waals surface area contributed by atoms with Gasteiger partial charge in [0.15, 0.2) is 0 Å². The van der Waals surface area contributed by atoms with Crippen LogP contribution >= 0.6 is 0 Å². The van der Waals surface area contributed by atoms with Gasteiger partial charge in [-0.2, -0.15) is 0 Å². The van der Waals surface area contributed by atoms with Crippen LogP contribution in [0.2, 0.25) is 0 Å². The van der Waals surface area contributed by atoms with Crippen LogP contribution in [-0.2, 0) is 6.42 Å². The summed E-state index contributed by atoms with van der Waals surface area (Å²) in [4.78, 5) is 0. The standard InChI is InChI=1S/C16H21NO/c1-3-9-17-16(15-10-13(2)18-12-15)11-14-7-5-4-6-8-14/h4-8,10,12,16-17H,3,9,11H2,1-2H3. The third-order valence-electron chi connectivity index (χ3n) is 3.08. The van der Waals surface area contributed by atoms with Gasteiger partial charge in [0.2, 0.25) is 0 Å². The fraction of sp³-hybridized carbons (Fsp3) is 0.375. The van der Waals surface area contributed by atoms with Gasteiger partial charge >= 0.3 is 0 Å². The molecule has 0 aliphatic heterocycles. The number of furan rings is 1. The summed E-state index contributed by atoms with van der Waals surface area (Å²) in [7, 11) is 0. The molecule has 0 saturated carbocycles. The fourth-order valence-electron chi connectivity index (χ4n) is 2.12. The lowest BCUT2D eigenvalue weighted by molar-refractivity contribution is 0.503. The Kier molecular flexibility index (Phi) is 4.59. The third-order valence-corrected chi connectivity index (χ3v) is 3.08. The van der Waals surface area contributed by atoms with Gasteiger partial charge in [0, 0.05) is 11.6 Å². The summed E-state index contributed by atoms with van der Waals surface area (Å²) in [5.41, 5.74) is 2.59. The quantitative estimate of drug-likeness (QED) is 0.833. The first-order chi connectivity index (χ1) is 8.79. The van der Waals surface area contributed by atoms with Gasteiger partial charge in [0.05, 0.1) is 6.26 Å². The van der Waals surface area contributed by atoms with E-state index in [1.807, 2.05) is 13.2 Å². The minimum absolute atomic E-state index is 0.338. The van der Waals surface area contributed by atoms with Crippen LogP contribution in [0, 0.1) is 6.92 Å². The fourth-order valence-corrected chi connectivity index (χ4v) is 2.12. The molecule has 2 rings (SSSR count). The minimum Gasteiger partial charge on any atom is -0.469 e. The average molecular weight is 243 g/mol.